The minimum Gasteiger partial charge on any atom is -0.481 e. The molecule has 4 rings (SSSR count). The maximum Gasteiger partial charge on any atom is 0.407 e. The van der Waals surface area contributed by atoms with E-state index in [9.17, 15) is 33.1 Å². The van der Waals surface area contributed by atoms with Gasteiger partial charge < -0.3 is 45.6 Å². The molecule has 3 amide bonds. The summed E-state index contributed by atoms with van der Waals surface area (Å²) in [7, 11) is 0. The number of alkyl carbamates (subject to hydrolysis) is 2. The predicted molar refractivity (Wildman–Crippen MR) is 203 cm³/mol. The number of likely N-dealkylation sites (tertiary alicyclic amines) is 1. The zero-order chi connectivity index (χ0) is 41.2. The Hall–Kier alpha value is -4.34. The van der Waals surface area contributed by atoms with Crippen molar-refractivity contribution in [3.63, 3.8) is 0 Å². The number of halogens is 2. The molecule has 2 saturated heterocycles. The number of aliphatic carboxylic acids is 1. The Balaban J connectivity index is 0.000000329. The largest absolute Gasteiger partial charge is 0.481 e. The highest BCUT2D eigenvalue weighted by molar-refractivity contribution is 5.78. The number of nitrogens with one attached hydrogen (secondary N) is 3. The normalized spacial score (nSPS) is 17.7. The third-order valence-corrected chi connectivity index (χ3v) is 8.42. The molecule has 4 atom stereocenters. The lowest BCUT2D eigenvalue weighted by molar-refractivity contribution is -0.137. The Kier molecular flexibility index (Phi) is 19.5. The van der Waals surface area contributed by atoms with Gasteiger partial charge in [0.25, 0.3) is 0 Å². The van der Waals surface area contributed by atoms with Crippen LogP contribution in [0.1, 0.15) is 91.2 Å². The van der Waals surface area contributed by atoms with E-state index in [2.05, 4.69) is 16.0 Å². The third kappa shape index (κ3) is 19.2. The van der Waals surface area contributed by atoms with Crippen LogP contribution in [0, 0.1) is 11.6 Å². The number of carboxylic acids is 1. The number of hydrogen-bond donors (Lipinski definition) is 6. The molecule has 0 bridgehead atoms. The molecular formula is C40H60F2N4O9. The highest BCUT2D eigenvalue weighted by Crippen LogP contribution is 2.20. The van der Waals surface area contributed by atoms with E-state index >= 15 is 0 Å². The molecule has 0 aliphatic carbocycles. The van der Waals surface area contributed by atoms with Gasteiger partial charge in [0.1, 0.15) is 22.8 Å². The van der Waals surface area contributed by atoms with Gasteiger partial charge in [0.15, 0.2) is 0 Å². The molecule has 15 heteroatoms. The standard InChI is InChI=1S/C20H29FN2O4.C15H20FNO4.C5H11NO/c1-20(2,3)27-19(26)22-15(11-14-7-4-5-9-17(14)21)12-18(25)23-10-6-8-16(23)13-24;1-15(2,3)21-14(20)17-11(9-13(18)19)8-10-6-4-5-7-12(10)16;7-4-5-2-1-3-6-5/h4-5,7,9,15-16,24H,6,8,10-13H2,1-3H3,(H,22,26);4-7,11H,8-9H2,1-3H3,(H,17,20)(H,18,19);5-7H,1-4H2/t15-,16+;11-;5-/m110/s1. The fourth-order valence-electron chi connectivity index (χ4n) is 5.96. The number of carbonyl (C=O) groups is 4. The van der Waals surface area contributed by atoms with Crippen molar-refractivity contribution < 1.29 is 52.8 Å². The molecule has 2 aliphatic heterocycles. The van der Waals surface area contributed by atoms with Crippen LogP contribution in [-0.4, -0.2) is 106 Å². The van der Waals surface area contributed by atoms with E-state index in [1.807, 2.05) is 0 Å². The van der Waals surface area contributed by atoms with Gasteiger partial charge in [-0.25, -0.2) is 18.4 Å². The van der Waals surface area contributed by atoms with Crippen LogP contribution >= 0.6 is 0 Å². The second kappa shape index (κ2) is 22.9. The van der Waals surface area contributed by atoms with E-state index in [0.717, 1.165) is 25.8 Å². The van der Waals surface area contributed by atoms with Crippen LogP contribution < -0.4 is 16.0 Å². The second-order valence-electron chi connectivity index (χ2n) is 15.6. The molecule has 6 N–H and O–H groups in total. The van der Waals surface area contributed by atoms with Gasteiger partial charge in [-0.3, -0.25) is 9.59 Å². The van der Waals surface area contributed by atoms with Gasteiger partial charge in [-0.1, -0.05) is 36.4 Å². The number of hydrogen-bond acceptors (Lipinski definition) is 9. The minimum atomic E-state index is -1.08. The summed E-state index contributed by atoms with van der Waals surface area (Å²) < 4.78 is 38.0. The van der Waals surface area contributed by atoms with Crippen LogP contribution in [0.2, 0.25) is 0 Å². The fourth-order valence-corrected chi connectivity index (χ4v) is 5.96. The zero-order valence-electron chi connectivity index (χ0n) is 32.9. The number of carbonyl (C=O) groups excluding carboxylic acids is 3. The summed E-state index contributed by atoms with van der Waals surface area (Å²) in [6, 6.07) is 11.2. The average molecular weight is 779 g/mol. The molecule has 2 fully saturated rings. The highest BCUT2D eigenvalue weighted by Gasteiger charge is 2.31. The summed E-state index contributed by atoms with van der Waals surface area (Å²) in [4.78, 5) is 49.1. The molecule has 0 saturated carbocycles. The van der Waals surface area contributed by atoms with Gasteiger partial charge in [0, 0.05) is 31.1 Å². The van der Waals surface area contributed by atoms with E-state index in [1.165, 1.54) is 18.6 Å². The summed E-state index contributed by atoms with van der Waals surface area (Å²) in [5.41, 5.74) is -0.588. The third-order valence-electron chi connectivity index (χ3n) is 8.42. The van der Waals surface area contributed by atoms with Crippen LogP contribution in [0.25, 0.3) is 0 Å². The number of aliphatic hydroxyl groups excluding tert-OH is 2. The molecule has 13 nitrogen and oxygen atoms in total. The van der Waals surface area contributed by atoms with Crippen molar-refractivity contribution in [3.05, 3.63) is 71.3 Å². The van der Waals surface area contributed by atoms with Crippen molar-refractivity contribution in [1.29, 1.82) is 0 Å². The molecule has 2 aromatic rings. The van der Waals surface area contributed by atoms with Crippen LogP contribution in [0.4, 0.5) is 18.4 Å². The molecule has 2 heterocycles. The van der Waals surface area contributed by atoms with Crippen LogP contribution in [0.15, 0.2) is 48.5 Å². The number of carboxylic acid groups (broad SMARTS) is 1. The Bertz CT molecular complexity index is 1510. The summed E-state index contributed by atoms with van der Waals surface area (Å²) in [5, 5.41) is 35.2. The van der Waals surface area contributed by atoms with Gasteiger partial charge >= 0.3 is 18.2 Å². The van der Waals surface area contributed by atoms with Crippen LogP contribution in [0.5, 0.6) is 0 Å². The lowest BCUT2D eigenvalue weighted by Gasteiger charge is -2.27. The van der Waals surface area contributed by atoms with E-state index in [-0.39, 0.29) is 50.1 Å². The van der Waals surface area contributed by atoms with Gasteiger partial charge in [-0.2, -0.15) is 0 Å². The van der Waals surface area contributed by atoms with E-state index in [0.29, 0.717) is 30.3 Å². The van der Waals surface area contributed by atoms with E-state index in [4.69, 9.17) is 19.7 Å². The highest BCUT2D eigenvalue weighted by atomic mass is 19.1. The maximum atomic E-state index is 14.0. The Morgan fingerprint density at radius 2 is 1.27 bits per heavy atom. The van der Waals surface area contributed by atoms with Crippen LogP contribution in [-0.2, 0) is 31.9 Å². The topological polar surface area (TPSA) is 187 Å². The van der Waals surface area contributed by atoms with Crippen molar-refractivity contribution in [2.24, 2.45) is 0 Å². The average Bonchev–Trinajstić information content (AvgIpc) is 3.78. The van der Waals surface area contributed by atoms with Gasteiger partial charge in [0.05, 0.1) is 25.7 Å². The number of rotatable bonds is 12. The second-order valence-corrected chi connectivity index (χ2v) is 15.6. The SMILES string of the molecule is CC(C)(C)OC(=O)N[C@@H](CC(=O)N1CCC[C@H]1CO)Cc1ccccc1F.CC(C)(C)OC(=O)N[C@@H](CC(=O)O)Cc1ccccc1F.OC[C@@H]1CCCN1. The Morgan fingerprint density at radius 3 is 1.65 bits per heavy atom. The van der Waals surface area contributed by atoms with Gasteiger partial charge in [-0.15, -0.1) is 0 Å². The Labute approximate surface area is 323 Å². The van der Waals surface area contributed by atoms with Crippen LogP contribution in [0.3, 0.4) is 0 Å². The molecule has 0 aromatic heterocycles. The maximum absolute atomic E-state index is 14.0. The number of amides is 3. The summed E-state index contributed by atoms with van der Waals surface area (Å²) >= 11 is 0. The van der Waals surface area contributed by atoms with Crippen molar-refractivity contribution in [2.75, 3.05) is 26.3 Å². The summed E-state index contributed by atoms with van der Waals surface area (Å²) in [6.07, 6.45) is 2.59. The minimum absolute atomic E-state index is 0.0179. The molecular weight excluding hydrogens is 718 g/mol. The molecule has 0 unspecified atom stereocenters. The Morgan fingerprint density at radius 1 is 0.782 bits per heavy atom. The molecule has 0 spiro atoms. The lowest BCUT2D eigenvalue weighted by Crippen LogP contribution is -2.45. The van der Waals surface area contributed by atoms with Crippen molar-refractivity contribution in [2.45, 2.75) is 128 Å². The first kappa shape index (κ1) is 46.8. The first-order valence-electron chi connectivity index (χ1n) is 18.7. The van der Waals surface area contributed by atoms with Crippen molar-refractivity contribution in [1.82, 2.24) is 20.9 Å². The summed E-state index contributed by atoms with van der Waals surface area (Å²) in [5.74, 6) is -2.05. The number of aliphatic hydroxyl groups is 2. The number of benzene rings is 2. The fraction of sp³-hybridized carbons (Fsp3) is 0.600. The predicted octanol–water partition coefficient (Wildman–Crippen LogP) is 5.10. The first-order valence-corrected chi connectivity index (χ1v) is 18.7. The number of ether oxygens (including phenoxy) is 2. The molecule has 0 radical (unpaired) electrons. The molecule has 308 valence electrons. The van der Waals surface area contributed by atoms with E-state index < -0.39 is 47.3 Å². The molecule has 2 aromatic carbocycles. The first-order chi connectivity index (χ1) is 25.8. The summed E-state index contributed by atoms with van der Waals surface area (Å²) in [6.45, 7) is 12.3. The zero-order valence-corrected chi connectivity index (χ0v) is 32.9. The van der Waals surface area contributed by atoms with Crippen molar-refractivity contribution in [3.8, 4) is 0 Å². The quantitative estimate of drug-likeness (QED) is 0.169. The lowest BCUT2D eigenvalue weighted by atomic mass is 10.0. The monoisotopic (exact) mass is 778 g/mol. The van der Waals surface area contributed by atoms with Gasteiger partial charge in [-0.05, 0) is 110 Å². The molecule has 2 aliphatic rings. The van der Waals surface area contributed by atoms with Crippen molar-refractivity contribution >= 4 is 24.1 Å². The van der Waals surface area contributed by atoms with Gasteiger partial charge in [0.2, 0.25) is 5.91 Å². The van der Waals surface area contributed by atoms with E-state index in [1.54, 1.807) is 82.8 Å². The number of nitrogens with zero attached hydrogens (tertiary/aromatic N) is 1. The molecule has 55 heavy (non-hydrogen) atoms. The smallest absolute Gasteiger partial charge is 0.407 e.